The van der Waals surface area contributed by atoms with Gasteiger partial charge in [-0.3, -0.25) is 4.57 Å². The molecule has 0 spiro atoms. The van der Waals surface area contributed by atoms with Gasteiger partial charge in [0.25, 0.3) is 0 Å². The van der Waals surface area contributed by atoms with E-state index in [1.807, 2.05) is 42.8 Å². The van der Waals surface area contributed by atoms with Crippen molar-refractivity contribution in [2.24, 2.45) is 0 Å². The average molecular weight is 728 g/mol. The van der Waals surface area contributed by atoms with Gasteiger partial charge in [-0.1, -0.05) is 60.9 Å². The number of aromatic nitrogens is 2. The van der Waals surface area contributed by atoms with E-state index in [9.17, 15) is 17.6 Å². The second-order valence-electron chi connectivity index (χ2n) is 12.3. The first-order chi connectivity index (χ1) is 21.5. The summed E-state index contributed by atoms with van der Waals surface area (Å²) in [5.41, 5.74) is 3.03. The number of aryl methyl sites for hydroxylation is 1. The van der Waals surface area contributed by atoms with Crippen molar-refractivity contribution in [3.63, 3.8) is 0 Å². The lowest BCUT2D eigenvalue weighted by atomic mass is 9.81. The zero-order chi connectivity index (χ0) is 33.9. The fourth-order valence-corrected chi connectivity index (χ4v) is 8.35. The van der Waals surface area contributed by atoms with Crippen LogP contribution in [0.25, 0.3) is 5.69 Å². The molecule has 1 heterocycles. The number of thioether (sulfide) groups is 1. The van der Waals surface area contributed by atoms with Gasteiger partial charge in [0.15, 0.2) is 23.3 Å². The van der Waals surface area contributed by atoms with E-state index in [2.05, 4.69) is 18.8 Å². The number of rotatable bonds is 14. The maximum atomic E-state index is 15.4. The average Bonchev–Trinajstić information content (AvgIpc) is 3.40. The molecule has 248 valence electrons. The molecule has 3 aromatic carbocycles. The molecular formula is C33H38Cl2F2N2O4S2Si. The summed E-state index contributed by atoms with van der Waals surface area (Å²) in [6.07, 6.45) is 1.98. The molecule has 4 aromatic rings. The standard InChI is InChI=1S/C33H38Cl2F2N2O4S2Si/c1-22-17-23(7-12-28(22)34)33(2,3)31-20-38-32(39(31)25-10-8-24(36)9-11-25)44-21-27-29(35)18-26(19-30(27)37)45(40,41)15-6-13-43-14-16-46(4,5)42/h7-12,17-20,42H,6,13-16,21H2,1-5H3. The molecule has 0 aliphatic rings. The maximum Gasteiger partial charge on any atom is 0.184 e. The van der Waals surface area contributed by atoms with Gasteiger partial charge in [0.05, 0.1) is 22.5 Å². The largest absolute Gasteiger partial charge is 0.432 e. The lowest BCUT2D eigenvalue weighted by Crippen LogP contribution is -2.26. The van der Waals surface area contributed by atoms with Gasteiger partial charge in [-0.2, -0.15) is 0 Å². The van der Waals surface area contributed by atoms with E-state index in [1.54, 1.807) is 18.3 Å². The highest BCUT2D eigenvalue weighted by Crippen LogP contribution is 2.38. The van der Waals surface area contributed by atoms with Gasteiger partial charge in [-0.25, -0.2) is 22.2 Å². The first kappa shape index (κ1) is 36.6. The second kappa shape index (κ2) is 14.9. The van der Waals surface area contributed by atoms with Crippen LogP contribution in [-0.2, 0) is 25.7 Å². The fourth-order valence-electron chi connectivity index (χ4n) is 4.83. The number of benzene rings is 3. The van der Waals surface area contributed by atoms with Crippen LogP contribution in [0.2, 0.25) is 29.2 Å². The third-order valence-corrected chi connectivity index (χ3v) is 12.7. The number of halogens is 4. The van der Waals surface area contributed by atoms with E-state index in [1.165, 1.54) is 30.0 Å². The van der Waals surface area contributed by atoms with Gasteiger partial charge in [-0.15, -0.1) is 0 Å². The Balaban J connectivity index is 1.56. The van der Waals surface area contributed by atoms with E-state index < -0.39 is 29.4 Å². The number of sulfone groups is 1. The van der Waals surface area contributed by atoms with Crippen LogP contribution >= 0.6 is 35.0 Å². The third kappa shape index (κ3) is 9.00. The number of hydrogen-bond acceptors (Lipinski definition) is 6. The summed E-state index contributed by atoms with van der Waals surface area (Å²) >= 11 is 14.0. The summed E-state index contributed by atoms with van der Waals surface area (Å²) in [6.45, 7) is 10.2. The van der Waals surface area contributed by atoms with Crippen LogP contribution in [0.15, 0.2) is 70.8 Å². The van der Waals surface area contributed by atoms with Crippen LogP contribution in [-0.4, -0.2) is 50.0 Å². The van der Waals surface area contributed by atoms with Gasteiger partial charge in [0.1, 0.15) is 11.6 Å². The smallest absolute Gasteiger partial charge is 0.184 e. The highest BCUT2D eigenvalue weighted by molar-refractivity contribution is 7.98. The van der Waals surface area contributed by atoms with Gasteiger partial charge in [-0.05, 0) is 86.1 Å². The molecule has 1 aromatic heterocycles. The van der Waals surface area contributed by atoms with Crippen molar-refractivity contribution in [1.29, 1.82) is 0 Å². The van der Waals surface area contributed by atoms with Crippen LogP contribution in [0.1, 0.15) is 42.7 Å². The Morgan fingerprint density at radius 3 is 2.35 bits per heavy atom. The van der Waals surface area contributed by atoms with Gasteiger partial charge in [0.2, 0.25) is 0 Å². The van der Waals surface area contributed by atoms with Crippen LogP contribution < -0.4 is 0 Å². The van der Waals surface area contributed by atoms with Crippen LogP contribution in [0.3, 0.4) is 0 Å². The van der Waals surface area contributed by atoms with Crippen LogP contribution in [0.4, 0.5) is 8.78 Å². The van der Waals surface area contributed by atoms with E-state index in [-0.39, 0.29) is 45.8 Å². The predicted molar refractivity (Wildman–Crippen MR) is 185 cm³/mol. The molecule has 0 amide bonds. The quantitative estimate of drug-likeness (QED) is 0.0795. The summed E-state index contributed by atoms with van der Waals surface area (Å²) in [4.78, 5) is 14.4. The molecule has 4 rings (SSSR count). The Morgan fingerprint density at radius 1 is 1.02 bits per heavy atom. The molecule has 0 aliphatic heterocycles. The molecule has 0 saturated carbocycles. The topological polar surface area (TPSA) is 81.4 Å². The molecule has 46 heavy (non-hydrogen) atoms. The van der Waals surface area contributed by atoms with Crippen LogP contribution in [0, 0.1) is 18.6 Å². The van der Waals surface area contributed by atoms with Gasteiger partial charge in [0, 0.05) is 45.7 Å². The Bertz CT molecular complexity index is 1770. The number of nitrogens with zero attached hydrogens (tertiary/aromatic N) is 2. The number of ether oxygens (including phenoxy) is 1. The highest BCUT2D eigenvalue weighted by atomic mass is 35.5. The minimum atomic E-state index is -3.80. The summed E-state index contributed by atoms with van der Waals surface area (Å²) in [6, 6.07) is 14.7. The molecule has 13 heteroatoms. The minimum Gasteiger partial charge on any atom is -0.432 e. The summed E-state index contributed by atoms with van der Waals surface area (Å²) in [7, 11) is -6.03. The second-order valence-corrected chi connectivity index (χ2v) is 20.3. The minimum absolute atomic E-state index is 0.00505. The molecule has 0 fully saturated rings. The zero-order valence-corrected chi connectivity index (χ0v) is 30.6. The monoisotopic (exact) mass is 726 g/mol. The Kier molecular flexibility index (Phi) is 11.8. The molecule has 0 unspecified atom stereocenters. The van der Waals surface area contributed by atoms with E-state index >= 15 is 4.39 Å². The van der Waals surface area contributed by atoms with Gasteiger partial charge < -0.3 is 9.53 Å². The van der Waals surface area contributed by atoms with E-state index in [4.69, 9.17) is 27.9 Å². The van der Waals surface area contributed by atoms with Crippen molar-refractivity contribution in [3.8, 4) is 5.69 Å². The normalized spacial score (nSPS) is 12.6. The molecule has 0 radical (unpaired) electrons. The molecule has 6 nitrogen and oxygen atoms in total. The molecular weight excluding hydrogens is 689 g/mol. The van der Waals surface area contributed by atoms with Gasteiger partial charge >= 0.3 is 0 Å². The van der Waals surface area contributed by atoms with E-state index in [0.29, 0.717) is 28.5 Å². The lowest BCUT2D eigenvalue weighted by molar-refractivity contribution is 0.146. The molecule has 0 bridgehead atoms. The molecule has 0 aliphatic carbocycles. The van der Waals surface area contributed by atoms with Crippen molar-refractivity contribution in [3.05, 3.63) is 105 Å². The summed E-state index contributed by atoms with van der Waals surface area (Å²) in [5, 5.41) is 1.18. The molecule has 1 N–H and O–H groups in total. The SMILES string of the molecule is Cc1cc(C(C)(C)c2cnc(SCc3c(F)cc(S(=O)(=O)CCCOCC[Si](C)(C)O)cc3Cl)n2-c2ccc(F)cc2)ccc1Cl. The Labute approximate surface area is 285 Å². The Hall–Kier alpha value is -2.25. The number of hydrogen-bond donors (Lipinski definition) is 1. The van der Waals surface area contributed by atoms with Crippen molar-refractivity contribution >= 4 is 53.1 Å². The summed E-state index contributed by atoms with van der Waals surface area (Å²) in [5.74, 6) is -1.27. The number of imidazole rings is 1. The maximum absolute atomic E-state index is 15.4. The van der Waals surface area contributed by atoms with Crippen molar-refractivity contribution in [2.45, 2.75) is 67.5 Å². The first-order valence-electron chi connectivity index (χ1n) is 14.7. The highest BCUT2D eigenvalue weighted by Gasteiger charge is 2.30. The lowest BCUT2D eigenvalue weighted by Gasteiger charge is -2.28. The van der Waals surface area contributed by atoms with Crippen LogP contribution in [0.5, 0.6) is 0 Å². The van der Waals surface area contributed by atoms with E-state index in [0.717, 1.165) is 22.9 Å². The molecule has 0 saturated heterocycles. The third-order valence-electron chi connectivity index (χ3n) is 7.71. The van der Waals surface area contributed by atoms with Crippen molar-refractivity contribution < 1.29 is 26.7 Å². The fraction of sp³-hybridized carbons (Fsp3) is 0.364. The molecule has 0 atom stereocenters. The summed E-state index contributed by atoms with van der Waals surface area (Å²) < 4.78 is 62.5. The predicted octanol–water partition coefficient (Wildman–Crippen LogP) is 8.76. The zero-order valence-electron chi connectivity index (χ0n) is 26.4. The Morgan fingerprint density at radius 2 is 1.72 bits per heavy atom. The van der Waals surface area contributed by atoms with Crippen molar-refractivity contribution in [1.82, 2.24) is 9.55 Å². The first-order valence-corrected chi connectivity index (χ1v) is 21.3. The van der Waals surface area contributed by atoms with Crippen molar-refractivity contribution in [2.75, 3.05) is 19.0 Å².